The first kappa shape index (κ1) is 14.5. The summed E-state index contributed by atoms with van der Waals surface area (Å²) in [5.74, 6) is -1.27. The Morgan fingerprint density at radius 1 is 1.35 bits per heavy atom. The highest BCUT2D eigenvalue weighted by molar-refractivity contribution is 5.86. The van der Waals surface area contributed by atoms with Gasteiger partial charge in [-0.3, -0.25) is 4.79 Å². The summed E-state index contributed by atoms with van der Waals surface area (Å²) in [5, 5.41) is 19.3. The average molecular weight is 280 g/mol. The molecule has 0 aliphatic heterocycles. The van der Waals surface area contributed by atoms with Gasteiger partial charge in [-0.2, -0.15) is 0 Å². The highest BCUT2D eigenvalue weighted by Crippen LogP contribution is 2.18. The molecule has 1 atom stereocenters. The number of carboxylic acid groups (broad SMARTS) is 1. The van der Waals surface area contributed by atoms with Crippen molar-refractivity contribution >= 4 is 11.9 Å². The molecule has 1 amide bonds. The molecule has 1 aliphatic rings. The number of aromatic nitrogens is 3. The first-order chi connectivity index (χ1) is 9.50. The summed E-state index contributed by atoms with van der Waals surface area (Å²) in [6.45, 7) is 3.30. The number of carboxylic acids is 1. The predicted molar refractivity (Wildman–Crippen MR) is 71.4 cm³/mol. The van der Waals surface area contributed by atoms with Gasteiger partial charge in [0.25, 0.3) is 0 Å². The lowest BCUT2D eigenvalue weighted by molar-refractivity contribution is -0.125. The van der Waals surface area contributed by atoms with E-state index in [1.54, 1.807) is 13.8 Å². The topological polar surface area (TPSA) is 97.1 Å². The average Bonchev–Trinajstić information content (AvgIpc) is 2.81. The van der Waals surface area contributed by atoms with Crippen LogP contribution in [-0.2, 0) is 4.79 Å². The van der Waals surface area contributed by atoms with Gasteiger partial charge in [0, 0.05) is 6.04 Å². The third-order valence-electron chi connectivity index (χ3n) is 3.83. The van der Waals surface area contributed by atoms with E-state index in [1.165, 1.54) is 11.1 Å². The summed E-state index contributed by atoms with van der Waals surface area (Å²) >= 11 is 0. The van der Waals surface area contributed by atoms with Crippen LogP contribution in [0.15, 0.2) is 0 Å². The molecule has 1 aromatic rings. The van der Waals surface area contributed by atoms with Gasteiger partial charge >= 0.3 is 5.97 Å². The molecule has 2 rings (SSSR count). The second-order valence-electron chi connectivity index (χ2n) is 5.29. The molecule has 0 aromatic carbocycles. The number of carbonyl (C=O) groups excluding carboxylic acids is 1. The van der Waals surface area contributed by atoms with Gasteiger partial charge in [-0.25, -0.2) is 9.48 Å². The van der Waals surface area contributed by atoms with Crippen LogP contribution in [0.5, 0.6) is 0 Å². The normalized spacial score (nSPS) is 17.7. The Morgan fingerprint density at radius 3 is 2.55 bits per heavy atom. The van der Waals surface area contributed by atoms with Crippen molar-refractivity contribution in [2.45, 2.75) is 58.0 Å². The Hall–Kier alpha value is -1.92. The Labute approximate surface area is 117 Å². The molecule has 1 aliphatic carbocycles. The summed E-state index contributed by atoms with van der Waals surface area (Å²) < 4.78 is 1.36. The summed E-state index contributed by atoms with van der Waals surface area (Å²) in [4.78, 5) is 23.1. The first-order valence-electron chi connectivity index (χ1n) is 6.96. The number of hydrogen-bond donors (Lipinski definition) is 2. The molecule has 1 saturated carbocycles. The Bertz CT molecular complexity index is 506. The molecule has 7 heteroatoms. The molecular formula is C13H20N4O3. The Morgan fingerprint density at radius 2 is 2.00 bits per heavy atom. The third-order valence-corrected chi connectivity index (χ3v) is 3.83. The van der Waals surface area contributed by atoms with Gasteiger partial charge in [0.15, 0.2) is 5.69 Å². The number of aromatic carboxylic acids is 1. The minimum absolute atomic E-state index is 0.109. The maximum atomic E-state index is 12.2. The van der Waals surface area contributed by atoms with Crippen molar-refractivity contribution in [3.63, 3.8) is 0 Å². The van der Waals surface area contributed by atoms with Crippen molar-refractivity contribution in [2.24, 2.45) is 0 Å². The molecule has 1 aromatic heterocycles. The minimum atomic E-state index is -1.13. The molecule has 1 heterocycles. The molecule has 2 N–H and O–H groups in total. The summed E-state index contributed by atoms with van der Waals surface area (Å²) in [6, 6.07) is -0.334. The van der Waals surface area contributed by atoms with Gasteiger partial charge in [-0.15, -0.1) is 5.10 Å². The van der Waals surface area contributed by atoms with Crippen LogP contribution in [0.2, 0.25) is 0 Å². The van der Waals surface area contributed by atoms with Gasteiger partial charge in [0.05, 0.1) is 5.69 Å². The van der Waals surface area contributed by atoms with Crippen LogP contribution in [0.1, 0.15) is 61.3 Å². The van der Waals surface area contributed by atoms with Crippen LogP contribution in [0.3, 0.4) is 0 Å². The molecule has 0 spiro atoms. The molecule has 7 nitrogen and oxygen atoms in total. The number of amides is 1. The van der Waals surface area contributed by atoms with Gasteiger partial charge in [0.1, 0.15) is 6.04 Å². The molecule has 110 valence electrons. The van der Waals surface area contributed by atoms with Gasteiger partial charge in [-0.1, -0.05) is 24.5 Å². The second kappa shape index (κ2) is 6.02. The number of hydrogen-bond acceptors (Lipinski definition) is 4. The molecule has 1 fully saturated rings. The maximum Gasteiger partial charge on any atom is 0.358 e. The summed E-state index contributed by atoms with van der Waals surface area (Å²) in [7, 11) is 0. The molecule has 1 unspecified atom stereocenters. The SMILES string of the molecule is Cc1c(C(=O)O)nnn1C(C)C(=O)NC1CCCCC1. The number of rotatable bonds is 4. The number of nitrogens with one attached hydrogen (secondary N) is 1. The molecule has 0 saturated heterocycles. The monoisotopic (exact) mass is 280 g/mol. The predicted octanol–water partition coefficient (Wildman–Crippen LogP) is 1.29. The smallest absolute Gasteiger partial charge is 0.358 e. The van der Waals surface area contributed by atoms with E-state index in [1.807, 2.05) is 0 Å². The third kappa shape index (κ3) is 2.97. The van der Waals surface area contributed by atoms with E-state index in [-0.39, 0.29) is 17.6 Å². The Kier molecular flexibility index (Phi) is 4.36. The maximum absolute atomic E-state index is 12.2. The van der Waals surface area contributed by atoms with E-state index in [9.17, 15) is 9.59 Å². The zero-order valence-corrected chi connectivity index (χ0v) is 11.8. The largest absolute Gasteiger partial charge is 0.476 e. The van der Waals surface area contributed by atoms with Gasteiger partial charge in [0.2, 0.25) is 5.91 Å². The quantitative estimate of drug-likeness (QED) is 0.866. The zero-order chi connectivity index (χ0) is 14.7. The zero-order valence-electron chi connectivity index (χ0n) is 11.8. The highest BCUT2D eigenvalue weighted by atomic mass is 16.4. The standard InChI is InChI=1S/C13H20N4O3/c1-8-11(13(19)20)15-16-17(8)9(2)12(18)14-10-6-4-3-5-7-10/h9-10H,3-7H2,1-2H3,(H,14,18)(H,19,20). The fraction of sp³-hybridized carbons (Fsp3) is 0.692. The lowest BCUT2D eigenvalue weighted by Crippen LogP contribution is -2.40. The molecular weight excluding hydrogens is 260 g/mol. The van der Waals surface area contributed by atoms with E-state index in [4.69, 9.17) is 5.11 Å². The van der Waals surface area contributed by atoms with Crippen LogP contribution < -0.4 is 5.32 Å². The van der Waals surface area contributed by atoms with Crippen molar-refractivity contribution in [1.82, 2.24) is 20.3 Å². The van der Waals surface area contributed by atoms with Crippen LogP contribution in [-0.4, -0.2) is 38.0 Å². The minimum Gasteiger partial charge on any atom is -0.476 e. The van der Waals surface area contributed by atoms with E-state index in [2.05, 4.69) is 15.6 Å². The van der Waals surface area contributed by atoms with Crippen molar-refractivity contribution in [3.05, 3.63) is 11.4 Å². The van der Waals surface area contributed by atoms with Crippen molar-refractivity contribution in [1.29, 1.82) is 0 Å². The van der Waals surface area contributed by atoms with Crippen LogP contribution in [0, 0.1) is 6.92 Å². The van der Waals surface area contributed by atoms with Crippen molar-refractivity contribution in [3.8, 4) is 0 Å². The van der Waals surface area contributed by atoms with Crippen LogP contribution in [0.4, 0.5) is 0 Å². The summed E-state index contributed by atoms with van der Waals surface area (Å²) in [5.41, 5.74) is 0.283. The fourth-order valence-corrected chi connectivity index (χ4v) is 2.59. The van der Waals surface area contributed by atoms with E-state index >= 15 is 0 Å². The van der Waals surface area contributed by atoms with Gasteiger partial charge in [-0.05, 0) is 26.7 Å². The fourth-order valence-electron chi connectivity index (χ4n) is 2.59. The van der Waals surface area contributed by atoms with Crippen LogP contribution in [0.25, 0.3) is 0 Å². The van der Waals surface area contributed by atoms with Crippen LogP contribution >= 0.6 is 0 Å². The molecule has 20 heavy (non-hydrogen) atoms. The lowest BCUT2D eigenvalue weighted by Gasteiger charge is -2.24. The lowest BCUT2D eigenvalue weighted by atomic mass is 9.95. The number of carbonyl (C=O) groups is 2. The van der Waals surface area contributed by atoms with E-state index < -0.39 is 12.0 Å². The first-order valence-corrected chi connectivity index (χ1v) is 6.96. The number of nitrogens with zero attached hydrogens (tertiary/aromatic N) is 3. The van der Waals surface area contributed by atoms with E-state index in [0.29, 0.717) is 5.69 Å². The Balaban J connectivity index is 2.04. The van der Waals surface area contributed by atoms with Crippen molar-refractivity contribution in [2.75, 3.05) is 0 Å². The molecule has 0 radical (unpaired) electrons. The van der Waals surface area contributed by atoms with Gasteiger partial charge < -0.3 is 10.4 Å². The highest BCUT2D eigenvalue weighted by Gasteiger charge is 2.25. The molecule has 0 bridgehead atoms. The summed E-state index contributed by atoms with van der Waals surface area (Å²) in [6.07, 6.45) is 5.53. The van der Waals surface area contributed by atoms with E-state index in [0.717, 1.165) is 25.7 Å². The van der Waals surface area contributed by atoms with Crippen molar-refractivity contribution < 1.29 is 14.7 Å². The second-order valence-corrected chi connectivity index (χ2v) is 5.29.